The summed E-state index contributed by atoms with van der Waals surface area (Å²) in [7, 11) is 6.45. The van der Waals surface area contributed by atoms with E-state index in [4.69, 9.17) is 4.74 Å². The highest BCUT2D eigenvalue weighted by Gasteiger charge is 2.35. The van der Waals surface area contributed by atoms with Crippen LogP contribution in [-0.2, 0) is 6.42 Å². The molecule has 2 aromatic carbocycles. The average Bonchev–Trinajstić information content (AvgIpc) is 3.86. The number of anilines is 2. The van der Waals surface area contributed by atoms with Crippen molar-refractivity contribution in [3.8, 4) is 17.6 Å². The first-order chi connectivity index (χ1) is 20.1. The molecule has 0 spiro atoms. The van der Waals surface area contributed by atoms with Crippen LogP contribution in [0, 0.1) is 11.8 Å². The molecule has 3 unspecified atom stereocenters. The number of methoxy groups -OCH3 is 1. The van der Waals surface area contributed by atoms with Gasteiger partial charge in [-0.2, -0.15) is 13.2 Å². The van der Waals surface area contributed by atoms with E-state index in [1.807, 2.05) is 18.0 Å². The second-order valence-corrected chi connectivity index (χ2v) is 13.4. The Hall–Kier alpha value is -2.53. The molecule has 2 heterocycles. The van der Waals surface area contributed by atoms with Crippen LogP contribution in [-0.4, -0.2) is 57.1 Å². The number of hydrogen-bond acceptors (Lipinski definition) is 5. The Labute approximate surface area is 250 Å². The highest BCUT2D eigenvalue weighted by Crippen LogP contribution is 2.52. The summed E-state index contributed by atoms with van der Waals surface area (Å²) < 4.78 is 62.5. The number of rotatable bonds is 8. The Morgan fingerprint density at radius 3 is 2.57 bits per heavy atom. The fourth-order valence-corrected chi connectivity index (χ4v) is 7.77. The summed E-state index contributed by atoms with van der Waals surface area (Å²) in [4.78, 5) is 2.34. The van der Waals surface area contributed by atoms with E-state index in [1.165, 1.54) is 27.8 Å². The monoisotopic (exact) mass is 617 g/mol. The zero-order valence-electron chi connectivity index (χ0n) is 23.8. The van der Waals surface area contributed by atoms with Crippen molar-refractivity contribution in [3.05, 3.63) is 45.8 Å². The van der Waals surface area contributed by atoms with Crippen molar-refractivity contribution in [2.24, 2.45) is 0 Å². The molecule has 2 saturated carbocycles. The highest BCUT2D eigenvalue weighted by atomic mass is 32.1. The van der Waals surface area contributed by atoms with Crippen LogP contribution in [0.5, 0.6) is 5.75 Å². The highest BCUT2D eigenvalue weighted by molar-refractivity contribution is 7.27. The molecule has 0 amide bonds. The van der Waals surface area contributed by atoms with Gasteiger partial charge in [0.1, 0.15) is 11.9 Å². The first-order valence-electron chi connectivity index (χ1n) is 14.6. The third-order valence-electron chi connectivity index (χ3n) is 8.43. The Morgan fingerprint density at radius 1 is 1.14 bits per heavy atom. The van der Waals surface area contributed by atoms with Crippen LogP contribution in [0.4, 0.5) is 28.9 Å². The van der Waals surface area contributed by atoms with E-state index in [1.54, 1.807) is 19.2 Å². The van der Waals surface area contributed by atoms with E-state index in [-0.39, 0.29) is 18.2 Å². The molecule has 3 aliphatic rings. The molecule has 1 saturated heterocycles. The van der Waals surface area contributed by atoms with Gasteiger partial charge in [-0.3, -0.25) is 0 Å². The van der Waals surface area contributed by atoms with Gasteiger partial charge in [-0.15, -0.1) is 20.6 Å². The number of nitrogens with one attached hydrogen (secondary N) is 2. The van der Waals surface area contributed by atoms with Crippen LogP contribution >= 0.6 is 20.6 Å². The molecule has 224 valence electrons. The molecule has 42 heavy (non-hydrogen) atoms. The van der Waals surface area contributed by atoms with Crippen molar-refractivity contribution in [1.82, 2.24) is 4.90 Å². The molecule has 2 aliphatic carbocycles. The quantitative estimate of drug-likeness (QED) is 0.160. The Balaban J connectivity index is 1.29. The zero-order valence-corrected chi connectivity index (χ0v) is 25.8. The van der Waals surface area contributed by atoms with Crippen LogP contribution in [0.1, 0.15) is 65.5 Å². The fourth-order valence-electron chi connectivity index (χ4n) is 6.06. The van der Waals surface area contributed by atoms with Crippen LogP contribution in [0.2, 0.25) is 0 Å². The molecule has 6 rings (SSSR count). The number of piperidine rings is 1. The topological polar surface area (TPSA) is 36.5 Å². The van der Waals surface area contributed by atoms with Crippen molar-refractivity contribution >= 4 is 47.3 Å². The first-order valence-corrected chi connectivity index (χ1v) is 16.0. The van der Waals surface area contributed by atoms with Crippen molar-refractivity contribution in [2.45, 2.75) is 68.8 Å². The lowest BCUT2D eigenvalue weighted by atomic mass is 10.0. The van der Waals surface area contributed by atoms with Gasteiger partial charge < -0.3 is 20.3 Å². The van der Waals surface area contributed by atoms with Crippen molar-refractivity contribution in [3.63, 3.8) is 0 Å². The van der Waals surface area contributed by atoms with Crippen LogP contribution in [0.3, 0.4) is 0 Å². The molecule has 2 N–H and O–H groups in total. The van der Waals surface area contributed by atoms with Crippen molar-refractivity contribution in [2.75, 3.05) is 44.4 Å². The Bertz CT molecular complexity index is 1540. The first kappa shape index (κ1) is 29.5. The van der Waals surface area contributed by atoms with E-state index in [2.05, 4.69) is 37.8 Å². The molecule has 0 radical (unpaired) electrons. The lowest BCUT2D eigenvalue weighted by Gasteiger charge is -2.33. The van der Waals surface area contributed by atoms with Crippen LogP contribution < -0.4 is 20.7 Å². The average molecular weight is 618 g/mol. The smallest absolute Gasteiger partial charge is 0.393 e. The van der Waals surface area contributed by atoms with Crippen LogP contribution in [0.15, 0.2) is 24.3 Å². The summed E-state index contributed by atoms with van der Waals surface area (Å²) in [5.74, 6) is 8.01. The largest absolute Gasteiger partial charge is 0.494 e. The molecule has 1 aliphatic heterocycles. The summed E-state index contributed by atoms with van der Waals surface area (Å²) in [6.07, 6.45) is -1.31. The molecular weight excluding hydrogens is 581 g/mol. The number of fused-ring (bicyclic) bond motifs is 1. The van der Waals surface area contributed by atoms with E-state index < -0.39 is 18.8 Å². The number of benzene rings is 2. The minimum atomic E-state index is -4.38. The third-order valence-corrected chi connectivity index (χ3v) is 10.1. The lowest BCUT2D eigenvalue weighted by molar-refractivity contribution is -0.126. The molecule has 10 heteroatoms. The SMILES string of the molecule is COc1c(NCC#Cc2sc3c(NC4CCN(C)CC4F)cccc3c2CC(F)(F)F)c(C2CC2)cc(P)c1C1CC1. The normalized spacial score (nSPS) is 21.2. The van der Waals surface area contributed by atoms with Crippen molar-refractivity contribution < 1.29 is 22.3 Å². The molecule has 4 nitrogen and oxygen atoms in total. The summed E-state index contributed by atoms with van der Waals surface area (Å²) in [5.41, 5.74) is 4.24. The second-order valence-electron chi connectivity index (χ2n) is 11.8. The predicted molar refractivity (Wildman–Crippen MR) is 168 cm³/mol. The molecule has 0 bridgehead atoms. The summed E-state index contributed by atoms with van der Waals surface area (Å²) in [6.45, 7) is 1.37. The maximum absolute atomic E-state index is 14.8. The third kappa shape index (κ3) is 6.37. The molecular formula is C32H36F4N3OPS. The molecule has 3 aromatic rings. The van der Waals surface area contributed by atoms with E-state index in [0.29, 0.717) is 45.5 Å². The van der Waals surface area contributed by atoms with Gasteiger partial charge in [-0.1, -0.05) is 24.0 Å². The number of likely N-dealkylation sites (tertiary alicyclic amines) is 1. The minimum absolute atomic E-state index is 0.179. The number of halogens is 4. The maximum Gasteiger partial charge on any atom is 0.393 e. The second kappa shape index (κ2) is 11.9. The van der Waals surface area contributed by atoms with E-state index in [9.17, 15) is 17.6 Å². The molecule has 1 aromatic heterocycles. The Kier molecular flexibility index (Phi) is 8.34. The number of nitrogens with zero attached hydrogens (tertiary/aromatic N) is 1. The Morgan fingerprint density at radius 2 is 1.90 bits per heavy atom. The zero-order chi connectivity index (χ0) is 29.6. The van der Waals surface area contributed by atoms with Gasteiger partial charge in [-0.05, 0) is 84.9 Å². The number of hydrogen-bond donors (Lipinski definition) is 2. The van der Waals surface area contributed by atoms with Crippen molar-refractivity contribution in [1.29, 1.82) is 0 Å². The lowest BCUT2D eigenvalue weighted by Crippen LogP contribution is -2.46. The van der Waals surface area contributed by atoms with Gasteiger partial charge >= 0.3 is 6.18 Å². The van der Waals surface area contributed by atoms with Gasteiger partial charge in [0, 0.05) is 18.7 Å². The van der Waals surface area contributed by atoms with Gasteiger partial charge in [0.15, 0.2) is 0 Å². The van der Waals surface area contributed by atoms with E-state index in [0.717, 1.165) is 43.7 Å². The van der Waals surface area contributed by atoms with Gasteiger partial charge in [0.25, 0.3) is 0 Å². The number of alkyl halides is 4. The summed E-state index contributed by atoms with van der Waals surface area (Å²) in [5, 5.41) is 8.46. The molecule has 3 fully saturated rings. The standard InChI is InChI=1S/C32H36F4N3OPS/c1-39-14-12-24(23(33)17-39)38-25-6-3-5-20-22(16-32(34,35)36)27(42-31(20)25)7-4-13-37-29-21(18-8-9-18)15-26(41)28(19-10-11-19)30(29)40-2/h3,5-6,15,18-19,23-24,37-38H,8-14,16-17,41H2,1-2H3. The molecule has 3 atom stereocenters. The van der Waals surface area contributed by atoms with E-state index >= 15 is 0 Å². The van der Waals surface area contributed by atoms with Gasteiger partial charge in [-0.25, -0.2) is 4.39 Å². The summed E-state index contributed by atoms with van der Waals surface area (Å²) in [6, 6.07) is 7.11. The fraction of sp³-hybridized carbons (Fsp3) is 0.500. The minimum Gasteiger partial charge on any atom is -0.494 e. The predicted octanol–water partition coefficient (Wildman–Crippen LogP) is 7.19. The number of ether oxygens (including phenoxy) is 1. The van der Waals surface area contributed by atoms with Crippen LogP contribution in [0.25, 0.3) is 10.1 Å². The maximum atomic E-state index is 14.8. The number of thiophene rings is 1. The summed E-state index contributed by atoms with van der Waals surface area (Å²) >= 11 is 1.25. The van der Waals surface area contributed by atoms with Gasteiger partial charge in [0.05, 0.1) is 47.1 Å². The van der Waals surface area contributed by atoms with Gasteiger partial charge in [0.2, 0.25) is 0 Å².